The molecule has 1 aromatic heterocycles. The molecule has 0 aliphatic carbocycles. The Kier molecular flexibility index (Phi) is 3.41. The molecule has 4 nitrogen and oxygen atoms in total. The topological polar surface area (TPSA) is 62.5 Å². The number of anilines is 1. The van der Waals surface area contributed by atoms with Crippen molar-refractivity contribution in [2.24, 2.45) is 0 Å². The van der Waals surface area contributed by atoms with Crippen molar-refractivity contribution in [1.29, 1.82) is 0 Å². The predicted octanol–water partition coefficient (Wildman–Crippen LogP) is 3.32. The number of fused-ring (bicyclic) bond motifs is 1. The van der Waals surface area contributed by atoms with Crippen molar-refractivity contribution in [2.75, 3.05) is 5.32 Å². The van der Waals surface area contributed by atoms with Gasteiger partial charge in [0.1, 0.15) is 11.4 Å². The molecule has 3 aromatic rings. The first-order valence-corrected chi connectivity index (χ1v) is 6.36. The van der Waals surface area contributed by atoms with Crippen LogP contribution in [-0.2, 0) is 6.61 Å². The lowest BCUT2D eigenvalue weighted by atomic mass is 10.2. The average molecular weight is 285 g/mol. The summed E-state index contributed by atoms with van der Waals surface area (Å²) in [5.74, 6) is -0.711. The van der Waals surface area contributed by atoms with Crippen molar-refractivity contribution in [2.45, 2.75) is 6.61 Å². The maximum absolute atomic E-state index is 13.1. The molecular formula is C16H12FNO3. The fourth-order valence-corrected chi connectivity index (χ4v) is 2.07. The second-order valence-electron chi connectivity index (χ2n) is 4.61. The molecular weight excluding hydrogens is 273 g/mol. The molecule has 3 rings (SSSR count). The largest absolute Gasteiger partial charge is 0.451 e. The number of nitrogens with one attached hydrogen (secondary N) is 1. The number of halogens is 1. The summed E-state index contributed by atoms with van der Waals surface area (Å²) in [6.07, 6.45) is 0. The molecule has 1 amide bonds. The van der Waals surface area contributed by atoms with E-state index < -0.39 is 5.91 Å². The second-order valence-corrected chi connectivity index (χ2v) is 4.61. The van der Waals surface area contributed by atoms with Crippen molar-refractivity contribution >= 4 is 22.6 Å². The van der Waals surface area contributed by atoms with Crippen LogP contribution in [0.5, 0.6) is 0 Å². The third-order valence-corrected chi connectivity index (χ3v) is 3.07. The average Bonchev–Trinajstić information content (AvgIpc) is 2.90. The van der Waals surface area contributed by atoms with E-state index in [-0.39, 0.29) is 18.2 Å². The summed E-state index contributed by atoms with van der Waals surface area (Å²) in [7, 11) is 0. The number of rotatable bonds is 3. The lowest BCUT2D eigenvalue weighted by molar-refractivity contribution is 0.0998. The molecule has 0 bridgehead atoms. The number of carbonyl (C=O) groups is 1. The zero-order valence-electron chi connectivity index (χ0n) is 11.0. The Labute approximate surface area is 119 Å². The summed E-state index contributed by atoms with van der Waals surface area (Å²) in [5.41, 5.74) is 1.70. The fraction of sp³-hybridized carbons (Fsp3) is 0.0625. The lowest BCUT2D eigenvalue weighted by Gasteiger charge is -2.04. The van der Waals surface area contributed by atoms with Gasteiger partial charge in [-0.15, -0.1) is 0 Å². The van der Waals surface area contributed by atoms with Gasteiger partial charge in [0.05, 0.1) is 6.61 Å². The van der Waals surface area contributed by atoms with Gasteiger partial charge in [0, 0.05) is 11.1 Å². The Hall–Kier alpha value is -2.66. The smallest absolute Gasteiger partial charge is 0.291 e. The van der Waals surface area contributed by atoms with Crippen molar-refractivity contribution in [1.82, 2.24) is 0 Å². The van der Waals surface area contributed by atoms with Gasteiger partial charge >= 0.3 is 0 Å². The highest BCUT2D eigenvalue weighted by Gasteiger charge is 2.13. The Bertz CT molecular complexity index is 810. The third-order valence-electron chi connectivity index (χ3n) is 3.07. The highest BCUT2D eigenvalue weighted by Crippen LogP contribution is 2.21. The van der Waals surface area contributed by atoms with Crippen molar-refractivity contribution in [3.63, 3.8) is 0 Å². The first-order chi connectivity index (χ1) is 10.2. The molecule has 0 radical (unpaired) electrons. The van der Waals surface area contributed by atoms with Crippen LogP contribution in [0, 0.1) is 5.82 Å². The summed E-state index contributed by atoms with van der Waals surface area (Å²) in [4.78, 5) is 12.1. The van der Waals surface area contributed by atoms with Crippen LogP contribution < -0.4 is 5.32 Å². The fourth-order valence-electron chi connectivity index (χ4n) is 2.07. The SMILES string of the molecule is O=C(Nc1cccc(CO)c1)c1cc2cc(F)ccc2o1. The molecule has 5 heteroatoms. The van der Waals surface area contributed by atoms with Crippen LogP contribution in [0.3, 0.4) is 0 Å². The van der Waals surface area contributed by atoms with E-state index in [1.165, 1.54) is 24.3 Å². The minimum absolute atomic E-state index is 0.102. The van der Waals surface area contributed by atoms with E-state index in [1.54, 1.807) is 24.3 Å². The van der Waals surface area contributed by atoms with Gasteiger partial charge in [0.15, 0.2) is 5.76 Å². The summed E-state index contributed by atoms with van der Waals surface area (Å²) >= 11 is 0. The quantitative estimate of drug-likeness (QED) is 0.776. The minimum Gasteiger partial charge on any atom is -0.451 e. The standard InChI is InChI=1S/C16H12FNO3/c17-12-4-5-14-11(7-12)8-15(21-14)16(20)18-13-3-1-2-10(6-13)9-19/h1-8,19H,9H2,(H,18,20). The molecule has 0 saturated heterocycles. The van der Waals surface area contributed by atoms with E-state index in [0.717, 1.165) is 0 Å². The monoisotopic (exact) mass is 285 g/mol. The van der Waals surface area contributed by atoms with Gasteiger partial charge in [-0.25, -0.2) is 4.39 Å². The molecule has 0 saturated carbocycles. The molecule has 0 aliphatic heterocycles. The molecule has 0 spiro atoms. The van der Waals surface area contributed by atoms with Gasteiger partial charge < -0.3 is 14.8 Å². The van der Waals surface area contributed by atoms with Gasteiger partial charge in [0.25, 0.3) is 5.91 Å². The second kappa shape index (κ2) is 5.38. The zero-order chi connectivity index (χ0) is 14.8. The molecule has 1 heterocycles. The summed E-state index contributed by atoms with van der Waals surface area (Å²) in [5, 5.41) is 12.3. The minimum atomic E-state index is -0.429. The van der Waals surface area contributed by atoms with Crippen LogP contribution in [0.2, 0.25) is 0 Å². The number of hydrogen-bond acceptors (Lipinski definition) is 3. The first kappa shape index (κ1) is 13.3. The van der Waals surface area contributed by atoms with Gasteiger partial charge in [-0.05, 0) is 42.0 Å². The number of aliphatic hydroxyl groups is 1. The number of carbonyl (C=O) groups excluding carboxylic acids is 1. The van der Waals surface area contributed by atoms with Crippen LogP contribution in [0.1, 0.15) is 16.1 Å². The van der Waals surface area contributed by atoms with Crippen LogP contribution in [0.25, 0.3) is 11.0 Å². The van der Waals surface area contributed by atoms with Crippen LogP contribution in [0.15, 0.2) is 52.9 Å². The van der Waals surface area contributed by atoms with E-state index in [4.69, 9.17) is 9.52 Å². The van der Waals surface area contributed by atoms with Crippen LogP contribution in [-0.4, -0.2) is 11.0 Å². The van der Waals surface area contributed by atoms with Crippen molar-refractivity contribution in [3.8, 4) is 0 Å². The van der Waals surface area contributed by atoms with E-state index in [0.29, 0.717) is 22.2 Å². The summed E-state index contributed by atoms with van der Waals surface area (Å²) < 4.78 is 18.5. The van der Waals surface area contributed by atoms with E-state index in [1.807, 2.05) is 0 Å². The Morgan fingerprint density at radius 3 is 2.86 bits per heavy atom. The molecule has 0 unspecified atom stereocenters. The predicted molar refractivity (Wildman–Crippen MR) is 76.5 cm³/mol. The molecule has 21 heavy (non-hydrogen) atoms. The van der Waals surface area contributed by atoms with Gasteiger partial charge in [-0.3, -0.25) is 4.79 Å². The molecule has 2 aromatic carbocycles. The Morgan fingerprint density at radius 2 is 2.05 bits per heavy atom. The Morgan fingerprint density at radius 1 is 1.19 bits per heavy atom. The van der Waals surface area contributed by atoms with Crippen LogP contribution >= 0.6 is 0 Å². The van der Waals surface area contributed by atoms with Crippen molar-refractivity contribution < 1.29 is 18.7 Å². The van der Waals surface area contributed by atoms with E-state index in [9.17, 15) is 9.18 Å². The highest BCUT2D eigenvalue weighted by molar-refractivity contribution is 6.04. The number of hydrogen-bond donors (Lipinski definition) is 2. The van der Waals surface area contributed by atoms with Gasteiger partial charge in [-0.2, -0.15) is 0 Å². The van der Waals surface area contributed by atoms with E-state index >= 15 is 0 Å². The van der Waals surface area contributed by atoms with Gasteiger partial charge in [0.2, 0.25) is 0 Å². The number of furan rings is 1. The number of benzene rings is 2. The summed E-state index contributed by atoms with van der Waals surface area (Å²) in [6.45, 7) is -0.104. The Balaban J connectivity index is 1.86. The normalized spacial score (nSPS) is 10.8. The van der Waals surface area contributed by atoms with Gasteiger partial charge in [-0.1, -0.05) is 12.1 Å². The maximum atomic E-state index is 13.1. The maximum Gasteiger partial charge on any atom is 0.291 e. The zero-order valence-corrected chi connectivity index (χ0v) is 11.0. The highest BCUT2D eigenvalue weighted by atomic mass is 19.1. The van der Waals surface area contributed by atoms with Crippen molar-refractivity contribution in [3.05, 3.63) is 65.7 Å². The number of amides is 1. The molecule has 0 fully saturated rings. The molecule has 106 valence electrons. The summed E-state index contributed by atoms with van der Waals surface area (Å²) in [6, 6.07) is 12.4. The molecule has 0 atom stereocenters. The molecule has 2 N–H and O–H groups in total. The molecule has 0 aliphatic rings. The van der Waals surface area contributed by atoms with E-state index in [2.05, 4.69) is 5.32 Å². The first-order valence-electron chi connectivity index (χ1n) is 6.36. The lowest BCUT2D eigenvalue weighted by Crippen LogP contribution is -2.10. The third kappa shape index (κ3) is 2.78. The number of aliphatic hydroxyl groups excluding tert-OH is 1. The van der Waals surface area contributed by atoms with Crippen LogP contribution in [0.4, 0.5) is 10.1 Å².